The van der Waals surface area contributed by atoms with Crippen LogP contribution in [-0.4, -0.2) is 32.6 Å². The third kappa shape index (κ3) is 3.26. The highest BCUT2D eigenvalue weighted by atomic mass is 15.2. The van der Waals surface area contributed by atoms with Gasteiger partial charge >= 0.3 is 0 Å². The monoisotopic (exact) mass is 617 g/mol. The second kappa shape index (κ2) is 9.24. The molecule has 7 nitrogen and oxygen atoms in total. The summed E-state index contributed by atoms with van der Waals surface area (Å²) in [6, 6.07) is 47.8. The molecule has 0 bridgehead atoms. The van der Waals surface area contributed by atoms with Crippen LogP contribution in [0.25, 0.3) is 88.8 Å². The Bertz CT molecular complexity index is 3090. The van der Waals surface area contributed by atoms with Gasteiger partial charge in [-0.25, -0.2) is 9.97 Å². The van der Waals surface area contributed by atoms with E-state index in [0.717, 1.165) is 61.7 Å². The molecule has 0 saturated carbocycles. The first-order valence-corrected chi connectivity index (χ1v) is 16.2. The molecule has 0 aliphatic heterocycles. The lowest BCUT2D eigenvalue weighted by molar-refractivity contribution is 0.847. The van der Waals surface area contributed by atoms with Crippen molar-refractivity contribution >= 4 is 71.5 Å². The Hall–Kier alpha value is -6.60. The van der Waals surface area contributed by atoms with Gasteiger partial charge in [0, 0.05) is 46.7 Å². The predicted molar refractivity (Wildman–Crippen MR) is 195 cm³/mol. The highest BCUT2D eigenvalue weighted by Crippen LogP contribution is 2.40. The molecule has 0 unspecified atom stereocenters. The third-order valence-electron chi connectivity index (χ3n) is 9.91. The lowest BCUT2D eigenvalue weighted by Gasteiger charge is -2.12. The maximum absolute atomic E-state index is 5.13. The topological polar surface area (TPSA) is 49.9 Å². The molecule has 0 fully saturated rings. The Kier molecular flexibility index (Phi) is 4.92. The Morgan fingerprint density at radius 3 is 1.79 bits per heavy atom. The van der Waals surface area contributed by atoms with Gasteiger partial charge < -0.3 is 9.13 Å². The Labute approximate surface area is 273 Å². The van der Waals surface area contributed by atoms with E-state index in [0.29, 0.717) is 0 Å². The molecule has 226 valence electrons. The van der Waals surface area contributed by atoms with Crippen molar-refractivity contribution < 1.29 is 0 Å². The predicted octanol–water partition coefficient (Wildman–Crippen LogP) is 9.36. The average molecular weight is 618 g/mol. The molecule has 11 rings (SSSR count). The quantitative estimate of drug-likeness (QED) is 0.198. The van der Waals surface area contributed by atoms with Crippen molar-refractivity contribution in [2.75, 3.05) is 0 Å². The summed E-state index contributed by atoms with van der Waals surface area (Å²) >= 11 is 0. The number of rotatable bonds is 3. The lowest BCUT2D eigenvalue weighted by Crippen LogP contribution is -2.02. The molecule has 6 aromatic carbocycles. The third-order valence-corrected chi connectivity index (χ3v) is 9.91. The first-order chi connectivity index (χ1) is 23.7. The van der Waals surface area contributed by atoms with Crippen LogP contribution in [0.2, 0.25) is 0 Å². The molecular weight excluding hydrogens is 591 g/mol. The molecule has 5 aromatic heterocycles. The first-order valence-electron chi connectivity index (χ1n) is 16.2. The minimum Gasteiger partial charge on any atom is -0.320 e. The summed E-state index contributed by atoms with van der Waals surface area (Å²) in [5, 5.41) is 4.87. The number of aryl methyl sites for hydroxylation is 1. The van der Waals surface area contributed by atoms with E-state index in [9.17, 15) is 0 Å². The molecule has 0 aliphatic carbocycles. The molecule has 48 heavy (non-hydrogen) atoms. The van der Waals surface area contributed by atoms with Gasteiger partial charge in [0.25, 0.3) is 0 Å². The van der Waals surface area contributed by atoms with Crippen molar-refractivity contribution in [3.05, 3.63) is 146 Å². The Balaban J connectivity index is 1.23. The fourth-order valence-corrected chi connectivity index (χ4v) is 7.87. The number of para-hydroxylation sites is 6. The van der Waals surface area contributed by atoms with E-state index in [4.69, 9.17) is 9.97 Å². The van der Waals surface area contributed by atoms with Crippen LogP contribution < -0.4 is 0 Å². The first kappa shape index (κ1) is 25.6. The minimum atomic E-state index is 0.890. The molecule has 0 aliphatic rings. The summed E-state index contributed by atoms with van der Waals surface area (Å²) in [4.78, 5) is 9.90. The van der Waals surface area contributed by atoms with Crippen molar-refractivity contribution in [2.45, 2.75) is 0 Å². The molecule has 0 atom stereocenters. The fraction of sp³-hybridized carbons (Fsp3) is 0.0244. The van der Waals surface area contributed by atoms with Gasteiger partial charge in [0.05, 0.1) is 49.8 Å². The summed E-state index contributed by atoms with van der Waals surface area (Å²) in [5.41, 5.74) is 11.1. The number of nitrogens with zero attached hydrogens (tertiary/aromatic N) is 7. The van der Waals surface area contributed by atoms with E-state index < -0.39 is 0 Å². The van der Waals surface area contributed by atoms with Gasteiger partial charge in [-0.2, -0.15) is 0 Å². The average Bonchev–Trinajstić information content (AvgIpc) is 3.93. The van der Waals surface area contributed by atoms with E-state index in [1.165, 1.54) is 27.1 Å². The van der Waals surface area contributed by atoms with Crippen molar-refractivity contribution in [3.63, 3.8) is 0 Å². The highest BCUT2D eigenvalue weighted by Gasteiger charge is 2.21. The van der Waals surface area contributed by atoms with E-state index in [1.807, 2.05) is 12.4 Å². The maximum Gasteiger partial charge on any atom is 0.220 e. The molecule has 7 heteroatoms. The maximum atomic E-state index is 5.13. The normalized spacial score (nSPS) is 12.3. The number of benzene rings is 6. The van der Waals surface area contributed by atoms with Gasteiger partial charge in [-0.15, -0.1) is 0 Å². The van der Waals surface area contributed by atoms with E-state index in [1.54, 1.807) is 0 Å². The molecule has 0 radical (unpaired) electrons. The number of fused-ring (bicyclic) bond motifs is 11. The van der Waals surface area contributed by atoms with Crippen LogP contribution in [0, 0.1) is 0 Å². The smallest absolute Gasteiger partial charge is 0.220 e. The van der Waals surface area contributed by atoms with Crippen molar-refractivity contribution in [2.24, 2.45) is 7.05 Å². The largest absolute Gasteiger partial charge is 0.320 e. The van der Waals surface area contributed by atoms with E-state index in [-0.39, 0.29) is 0 Å². The molecular formula is C41H27N7. The SMILES string of the molecule is Cn1ccnc1-n1c2ccccc2c2cc3c4ccccc4n(-c4cccc(-n5c6ccccc6n6c7ccccc7nc56)c4)c3cc21. The van der Waals surface area contributed by atoms with Crippen molar-refractivity contribution in [1.82, 2.24) is 32.6 Å². The molecule has 0 saturated heterocycles. The lowest BCUT2D eigenvalue weighted by atomic mass is 10.1. The molecule has 11 aromatic rings. The molecule has 5 heterocycles. The minimum absolute atomic E-state index is 0.890. The Morgan fingerprint density at radius 1 is 0.458 bits per heavy atom. The number of imidazole rings is 3. The van der Waals surface area contributed by atoms with Crippen LogP contribution in [0.3, 0.4) is 0 Å². The summed E-state index contributed by atoms with van der Waals surface area (Å²) in [7, 11) is 2.05. The zero-order chi connectivity index (χ0) is 31.5. The molecule has 0 amide bonds. The number of hydrogen-bond acceptors (Lipinski definition) is 2. The summed E-state index contributed by atoms with van der Waals surface area (Å²) in [6.45, 7) is 0. The van der Waals surface area contributed by atoms with Crippen LogP contribution in [-0.2, 0) is 7.05 Å². The summed E-state index contributed by atoms with van der Waals surface area (Å²) in [6.07, 6.45) is 3.86. The molecule has 0 spiro atoms. The van der Waals surface area contributed by atoms with Crippen molar-refractivity contribution in [3.8, 4) is 17.3 Å². The second-order valence-corrected chi connectivity index (χ2v) is 12.5. The van der Waals surface area contributed by atoms with Crippen LogP contribution in [0.1, 0.15) is 0 Å². The zero-order valence-electron chi connectivity index (χ0n) is 26.0. The van der Waals surface area contributed by atoms with Crippen molar-refractivity contribution in [1.29, 1.82) is 0 Å². The molecule has 0 N–H and O–H groups in total. The van der Waals surface area contributed by atoms with Crippen LogP contribution in [0.5, 0.6) is 0 Å². The van der Waals surface area contributed by atoms with Gasteiger partial charge in [-0.1, -0.05) is 66.7 Å². The second-order valence-electron chi connectivity index (χ2n) is 12.5. The van der Waals surface area contributed by atoms with Gasteiger partial charge in [0.2, 0.25) is 11.7 Å². The van der Waals surface area contributed by atoms with Crippen LogP contribution in [0.15, 0.2) is 146 Å². The van der Waals surface area contributed by atoms with Gasteiger partial charge in [-0.3, -0.25) is 13.5 Å². The number of hydrogen-bond donors (Lipinski definition) is 0. The van der Waals surface area contributed by atoms with Crippen LogP contribution >= 0.6 is 0 Å². The zero-order valence-corrected chi connectivity index (χ0v) is 26.0. The highest BCUT2D eigenvalue weighted by molar-refractivity contribution is 6.19. The van der Waals surface area contributed by atoms with E-state index >= 15 is 0 Å². The summed E-state index contributed by atoms with van der Waals surface area (Å²) < 4.78 is 11.3. The standard InChI is InChI=1S/C41H27N7/c1-44-22-21-42-40(44)47-34-17-6-3-14-29(34)31-24-30-28-13-2-5-16-33(28)45(38(30)25-39(31)47)26-11-10-12-27(23-26)46-36-19-8-9-20-37(36)48-35-18-7-4-15-32(35)43-41(46)48/h2-25H,1H3. The summed E-state index contributed by atoms with van der Waals surface area (Å²) in [5.74, 6) is 1.79. The van der Waals surface area contributed by atoms with Gasteiger partial charge in [0.1, 0.15) is 0 Å². The Morgan fingerprint density at radius 2 is 1.06 bits per heavy atom. The van der Waals surface area contributed by atoms with Gasteiger partial charge in [-0.05, 0) is 66.7 Å². The van der Waals surface area contributed by atoms with Crippen LogP contribution in [0.4, 0.5) is 0 Å². The van der Waals surface area contributed by atoms with E-state index in [2.05, 4.69) is 163 Å². The van der Waals surface area contributed by atoms with Gasteiger partial charge in [0.15, 0.2) is 0 Å². The fourth-order valence-electron chi connectivity index (χ4n) is 7.87. The number of aromatic nitrogens is 7.